The molecule has 1 aromatic carbocycles. The molecule has 0 radical (unpaired) electrons. The van der Waals surface area contributed by atoms with Crippen molar-refractivity contribution in [1.29, 1.82) is 0 Å². The second-order valence-corrected chi connectivity index (χ2v) is 5.82. The number of esters is 1. The quantitative estimate of drug-likeness (QED) is 0.397. The van der Waals surface area contributed by atoms with Crippen molar-refractivity contribution in [3.05, 3.63) is 29.3 Å². The van der Waals surface area contributed by atoms with E-state index in [1.807, 2.05) is 30.9 Å². The number of anilines is 1. The molecule has 6 nitrogen and oxygen atoms in total. The highest BCUT2D eigenvalue weighted by atomic mass is 35.5. The maximum absolute atomic E-state index is 12.3. The SMILES string of the molecule is CCOC(=O)/C(=N/Nc1ccccc1Cl)N1C[C@@H](C)O[C@H](C)C1. The summed E-state index contributed by atoms with van der Waals surface area (Å²) in [5.41, 5.74) is 3.48. The first kappa shape index (κ1) is 17.6. The molecule has 0 amide bonds. The van der Waals surface area contributed by atoms with E-state index in [0.29, 0.717) is 30.4 Å². The van der Waals surface area contributed by atoms with Gasteiger partial charge in [-0.2, -0.15) is 0 Å². The summed E-state index contributed by atoms with van der Waals surface area (Å²) in [7, 11) is 0. The van der Waals surface area contributed by atoms with Crippen molar-refractivity contribution in [2.45, 2.75) is 33.0 Å². The summed E-state index contributed by atoms with van der Waals surface area (Å²) >= 11 is 6.10. The van der Waals surface area contributed by atoms with Crippen molar-refractivity contribution in [3.63, 3.8) is 0 Å². The zero-order chi connectivity index (χ0) is 16.8. The molecule has 0 saturated carbocycles. The fourth-order valence-corrected chi connectivity index (χ4v) is 2.63. The molecule has 0 bridgehead atoms. The zero-order valence-electron chi connectivity index (χ0n) is 13.6. The van der Waals surface area contributed by atoms with Gasteiger partial charge >= 0.3 is 5.97 Å². The van der Waals surface area contributed by atoms with Crippen LogP contribution in [0.4, 0.5) is 5.69 Å². The van der Waals surface area contributed by atoms with Gasteiger partial charge in [0.1, 0.15) is 0 Å². The van der Waals surface area contributed by atoms with Gasteiger partial charge in [0, 0.05) is 13.1 Å². The van der Waals surface area contributed by atoms with Crippen LogP contribution in [0.2, 0.25) is 5.02 Å². The van der Waals surface area contributed by atoms with E-state index in [9.17, 15) is 4.79 Å². The number of para-hydroxylation sites is 1. The lowest BCUT2D eigenvalue weighted by Crippen LogP contribution is -2.51. The molecular weight excluding hydrogens is 318 g/mol. The number of hydrogen-bond acceptors (Lipinski definition) is 5. The van der Waals surface area contributed by atoms with Crippen molar-refractivity contribution in [2.24, 2.45) is 5.10 Å². The first-order chi connectivity index (χ1) is 11.0. The summed E-state index contributed by atoms with van der Waals surface area (Å²) in [6, 6.07) is 7.21. The standard InChI is InChI=1S/C16H22ClN3O3/c1-4-22-16(21)15(20-9-11(2)23-12(3)10-20)19-18-14-8-6-5-7-13(14)17/h5-8,11-12,18H,4,9-10H2,1-3H3/b19-15-/t11-,12-/m1/s1. The molecule has 1 N–H and O–H groups in total. The van der Waals surface area contributed by atoms with Crippen LogP contribution in [0, 0.1) is 0 Å². The van der Waals surface area contributed by atoms with Crippen LogP contribution in [-0.4, -0.2) is 48.6 Å². The molecule has 0 aliphatic carbocycles. The molecule has 1 saturated heterocycles. The molecular formula is C16H22ClN3O3. The van der Waals surface area contributed by atoms with Crippen LogP contribution in [0.15, 0.2) is 29.4 Å². The average molecular weight is 340 g/mol. The third-order valence-corrected chi connectivity index (χ3v) is 3.66. The molecule has 2 atom stereocenters. The second kappa shape index (κ2) is 8.17. The number of rotatable bonds is 3. The highest BCUT2D eigenvalue weighted by Crippen LogP contribution is 2.20. The molecule has 126 valence electrons. The third kappa shape index (κ3) is 4.84. The van der Waals surface area contributed by atoms with Crippen LogP contribution < -0.4 is 5.43 Å². The average Bonchev–Trinajstić information content (AvgIpc) is 2.48. The first-order valence-electron chi connectivity index (χ1n) is 7.67. The Morgan fingerprint density at radius 2 is 2.04 bits per heavy atom. The van der Waals surface area contributed by atoms with Gasteiger partial charge in [-0.3, -0.25) is 5.43 Å². The van der Waals surface area contributed by atoms with Gasteiger partial charge in [0.2, 0.25) is 5.84 Å². The van der Waals surface area contributed by atoms with E-state index >= 15 is 0 Å². The highest BCUT2D eigenvalue weighted by molar-refractivity contribution is 6.35. The first-order valence-corrected chi connectivity index (χ1v) is 8.04. The van der Waals surface area contributed by atoms with Gasteiger partial charge in [0.15, 0.2) is 0 Å². The Bertz CT molecular complexity index is 569. The van der Waals surface area contributed by atoms with E-state index < -0.39 is 5.97 Å². The number of hydrazone groups is 1. The number of carbonyl (C=O) groups excluding carboxylic acids is 1. The Morgan fingerprint density at radius 3 is 2.65 bits per heavy atom. The number of carbonyl (C=O) groups is 1. The fraction of sp³-hybridized carbons (Fsp3) is 0.500. The van der Waals surface area contributed by atoms with Crippen molar-refractivity contribution in [2.75, 3.05) is 25.1 Å². The summed E-state index contributed by atoms with van der Waals surface area (Å²) in [4.78, 5) is 14.1. The predicted octanol–water partition coefficient (Wildman–Crippen LogP) is 2.74. The largest absolute Gasteiger partial charge is 0.460 e. The normalized spacial score (nSPS) is 21.9. The Balaban J connectivity index is 2.21. The van der Waals surface area contributed by atoms with E-state index in [4.69, 9.17) is 21.1 Å². The van der Waals surface area contributed by atoms with Crippen molar-refractivity contribution >= 4 is 29.1 Å². The molecule has 2 rings (SSSR count). The molecule has 1 aliphatic rings. The van der Waals surface area contributed by atoms with E-state index in [-0.39, 0.29) is 18.0 Å². The third-order valence-electron chi connectivity index (χ3n) is 3.33. The Kier molecular flexibility index (Phi) is 6.24. The number of nitrogens with zero attached hydrogens (tertiary/aromatic N) is 2. The van der Waals surface area contributed by atoms with E-state index in [2.05, 4.69) is 10.5 Å². The lowest BCUT2D eigenvalue weighted by molar-refractivity contribution is -0.136. The molecule has 0 spiro atoms. The number of benzene rings is 1. The molecule has 0 unspecified atom stereocenters. The number of ether oxygens (including phenoxy) is 2. The van der Waals surface area contributed by atoms with Crippen LogP contribution in [-0.2, 0) is 14.3 Å². The summed E-state index contributed by atoms with van der Waals surface area (Å²) in [5, 5.41) is 4.77. The van der Waals surface area contributed by atoms with Gasteiger partial charge in [-0.1, -0.05) is 23.7 Å². The van der Waals surface area contributed by atoms with E-state index in [1.165, 1.54) is 0 Å². The molecule has 1 fully saturated rings. The van der Waals surface area contributed by atoms with Gasteiger partial charge in [0.25, 0.3) is 0 Å². The molecule has 7 heteroatoms. The number of hydrogen-bond donors (Lipinski definition) is 1. The lowest BCUT2D eigenvalue weighted by Gasteiger charge is -2.36. The summed E-state index contributed by atoms with van der Waals surface area (Å²) in [6.07, 6.45) is 0.0254. The Labute approximate surface area is 141 Å². The summed E-state index contributed by atoms with van der Waals surface area (Å²) < 4.78 is 10.8. The Hall–Kier alpha value is -1.79. The minimum absolute atomic E-state index is 0.0127. The highest BCUT2D eigenvalue weighted by Gasteiger charge is 2.29. The monoisotopic (exact) mass is 339 g/mol. The number of nitrogens with one attached hydrogen (secondary N) is 1. The van der Waals surface area contributed by atoms with Gasteiger partial charge in [-0.25, -0.2) is 4.79 Å². The van der Waals surface area contributed by atoms with Crippen molar-refractivity contribution in [1.82, 2.24) is 4.90 Å². The van der Waals surface area contributed by atoms with Gasteiger partial charge < -0.3 is 14.4 Å². The second-order valence-electron chi connectivity index (χ2n) is 5.41. The van der Waals surface area contributed by atoms with Gasteiger partial charge in [-0.15, -0.1) is 5.10 Å². The maximum atomic E-state index is 12.3. The fourth-order valence-electron chi connectivity index (χ4n) is 2.46. The van der Waals surface area contributed by atoms with Crippen LogP contribution >= 0.6 is 11.6 Å². The number of amidine groups is 1. The molecule has 1 heterocycles. The van der Waals surface area contributed by atoms with Gasteiger partial charge in [0.05, 0.1) is 29.5 Å². The number of morpholine rings is 1. The maximum Gasteiger partial charge on any atom is 0.375 e. The summed E-state index contributed by atoms with van der Waals surface area (Å²) in [6.45, 7) is 7.14. The van der Waals surface area contributed by atoms with Crippen LogP contribution in [0.1, 0.15) is 20.8 Å². The molecule has 1 aromatic rings. The van der Waals surface area contributed by atoms with Crippen LogP contribution in [0.25, 0.3) is 0 Å². The number of halogens is 1. The molecule has 0 aromatic heterocycles. The van der Waals surface area contributed by atoms with Crippen molar-refractivity contribution < 1.29 is 14.3 Å². The minimum Gasteiger partial charge on any atom is -0.460 e. The topological polar surface area (TPSA) is 63.2 Å². The molecule has 1 aliphatic heterocycles. The zero-order valence-corrected chi connectivity index (χ0v) is 14.3. The Morgan fingerprint density at radius 1 is 1.39 bits per heavy atom. The van der Waals surface area contributed by atoms with Crippen LogP contribution in [0.3, 0.4) is 0 Å². The van der Waals surface area contributed by atoms with Gasteiger partial charge in [-0.05, 0) is 32.9 Å². The molecule has 23 heavy (non-hydrogen) atoms. The predicted molar refractivity (Wildman–Crippen MR) is 90.7 cm³/mol. The van der Waals surface area contributed by atoms with Crippen LogP contribution in [0.5, 0.6) is 0 Å². The lowest BCUT2D eigenvalue weighted by atomic mass is 10.2. The van der Waals surface area contributed by atoms with Crippen molar-refractivity contribution in [3.8, 4) is 0 Å². The van der Waals surface area contributed by atoms with E-state index in [0.717, 1.165) is 0 Å². The summed E-state index contributed by atoms with van der Waals surface area (Å²) in [5.74, 6) is -0.234. The minimum atomic E-state index is -0.464. The van der Waals surface area contributed by atoms with E-state index in [1.54, 1.807) is 19.1 Å². The smallest absolute Gasteiger partial charge is 0.375 e.